The Morgan fingerprint density at radius 3 is 2.88 bits per heavy atom. The van der Waals surface area contributed by atoms with Gasteiger partial charge in [0.2, 0.25) is 5.91 Å². The van der Waals surface area contributed by atoms with Crippen LogP contribution in [-0.4, -0.2) is 27.8 Å². The average Bonchev–Trinajstić information content (AvgIpc) is 2.87. The Morgan fingerprint density at radius 1 is 1.44 bits per heavy atom. The van der Waals surface area contributed by atoms with Crippen molar-refractivity contribution in [3.8, 4) is 6.07 Å². The molecule has 0 saturated heterocycles. The summed E-state index contributed by atoms with van der Waals surface area (Å²) in [6.45, 7) is 6.97. The van der Waals surface area contributed by atoms with Gasteiger partial charge in [-0.2, -0.15) is 5.26 Å². The zero-order valence-corrected chi connectivity index (χ0v) is 16.4. The van der Waals surface area contributed by atoms with Gasteiger partial charge in [-0.05, 0) is 25.8 Å². The highest BCUT2D eigenvalue weighted by atomic mass is 32.2. The third-order valence-electron chi connectivity index (χ3n) is 3.88. The predicted octanol–water partition coefficient (Wildman–Crippen LogP) is 3.00. The largest absolute Gasteiger partial charge is 0.354 e. The van der Waals surface area contributed by atoms with Crippen LogP contribution in [0.2, 0.25) is 0 Å². The van der Waals surface area contributed by atoms with Crippen molar-refractivity contribution in [3.05, 3.63) is 20.8 Å². The molecule has 0 aliphatic rings. The summed E-state index contributed by atoms with van der Waals surface area (Å²) in [6.07, 6.45) is 2.15. The molecule has 0 aliphatic carbocycles. The van der Waals surface area contributed by atoms with E-state index in [0.29, 0.717) is 23.6 Å². The number of carbonyl (C=O) groups excluding carboxylic acids is 1. The lowest BCUT2D eigenvalue weighted by Gasteiger charge is -2.11. The number of unbranched alkanes of at least 4 members (excludes halogenated alkanes) is 1. The number of fused-ring (bicyclic) bond motifs is 1. The number of aryl methyl sites for hydroxylation is 2. The third kappa shape index (κ3) is 4.61. The van der Waals surface area contributed by atoms with Crippen LogP contribution in [0, 0.1) is 25.2 Å². The van der Waals surface area contributed by atoms with Crippen LogP contribution < -0.4 is 10.9 Å². The quantitative estimate of drug-likeness (QED) is 0.433. The van der Waals surface area contributed by atoms with E-state index in [0.717, 1.165) is 28.1 Å². The second-order valence-corrected chi connectivity index (χ2v) is 7.86. The van der Waals surface area contributed by atoms with E-state index in [1.54, 1.807) is 4.57 Å². The molecule has 0 saturated carbocycles. The van der Waals surface area contributed by atoms with Crippen molar-refractivity contribution in [2.75, 3.05) is 12.3 Å². The van der Waals surface area contributed by atoms with Crippen LogP contribution in [0.5, 0.6) is 0 Å². The Labute approximate surface area is 155 Å². The molecular formula is C17H22N4O2S2. The number of nitriles is 1. The highest BCUT2D eigenvalue weighted by Crippen LogP contribution is 2.28. The molecule has 0 aliphatic heterocycles. The molecule has 0 unspecified atom stereocenters. The van der Waals surface area contributed by atoms with Crippen molar-refractivity contribution in [1.82, 2.24) is 14.9 Å². The van der Waals surface area contributed by atoms with E-state index in [-0.39, 0.29) is 23.6 Å². The summed E-state index contributed by atoms with van der Waals surface area (Å²) in [6, 6.07) is 1.99. The number of rotatable bonds is 8. The van der Waals surface area contributed by atoms with Gasteiger partial charge in [-0.3, -0.25) is 14.2 Å². The molecule has 2 aromatic heterocycles. The summed E-state index contributed by atoms with van der Waals surface area (Å²) in [5.41, 5.74) is 0.973. The van der Waals surface area contributed by atoms with Crippen LogP contribution in [-0.2, 0) is 11.3 Å². The Morgan fingerprint density at radius 2 is 2.20 bits per heavy atom. The lowest BCUT2D eigenvalue weighted by Crippen LogP contribution is -2.27. The summed E-state index contributed by atoms with van der Waals surface area (Å²) in [5, 5.41) is 12.5. The van der Waals surface area contributed by atoms with Gasteiger partial charge < -0.3 is 5.32 Å². The summed E-state index contributed by atoms with van der Waals surface area (Å²) >= 11 is 2.79. The van der Waals surface area contributed by atoms with Gasteiger partial charge in [0.15, 0.2) is 5.16 Å². The number of hydrogen-bond acceptors (Lipinski definition) is 6. The normalized spacial score (nSPS) is 10.8. The number of thioether (sulfide) groups is 1. The van der Waals surface area contributed by atoms with E-state index >= 15 is 0 Å². The van der Waals surface area contributed by atoms with Gasteiger partial charge in [0.1, 0.15) is 4.83 Å². The first-order chi connectivity index (χ1) is 12.0. The molecule has 2 rings (SSSR count). The van der Waals surface area contributed by atoms with E-state index in [1.807, 2.05) is 19.9 Å². The van der Waals surface area contributed by atoms with Gasteiger partial charge in [-0.25, -0.2) is 4.98 Å². The van der Waals surface area contributed by atoms with Crippen LogP contribution in [0.4, 0.5) is 0 Å². The standard InChI is InChI=1S/C17H22N4O2S2/c1-4-5-9-21-16(23)14-11(2)12(3)25-15(14)20-17(21)24-10-13(22)19-8-6-7-18/h4-6,8-10H2,1-3H3,(H,19,22). The van der Waals surface area contributed by atoms with Gasteiger partial charge in [0, 0.05) is 18.0 Å². The minimum Gasteiger partial charge on any atom is -0.354 e. The first-order valence-corrected chi connectivity index (χ1v) is 10.1. The van der Waals surface area contributed by atoms with Crippen LogP contribution in [0.15, 0.2) is 9.95 Å². The first-order valence-electron chi connectivity index (χ1n) is 8.26. The van der Waals surface area contributed by atoms with Crippen molar-refractivity contribution in [2.24, 2.45) is 0 Å². The molecular weight excluding hydrogens is 356 g/mol. The van der Waals surface area contributed by atoms with Gasteiger partial charge >= 0.3 is 0 Å². The van der Waals surface area contributed by atoms with E-state index in [9.17, 15) is 9.59 Å². The Hall–Kier alpha value is -1.85. The summed E-state index contributed by atoms with van der Waals surface area (Å²) in [4.78, 5) is 31.3. The molecule has 25 heavy (non-hydrogen) atoms. The van der Waals surface area contributed by atoms with Crippen molar-refractivity contribution in [2.45, 2.75) is 51.7 Å². The van der Waals surface area contributed by atoms with E-state index in [2.05, 4.69) is 17.2 Å². The fraction of sp³-hybridized carbons (Fsp3) is 0.529. The predicted molar refractivity (Wildman–Crippen MR) is 102 cm³/mol. The van der Waals surface area contributed by atoms with Gasteiger partial charge in [-0.1, -0.05) is 25.1 Å². The molecule has 1 N–H and O–H groups in total. The van der Waals surface area contributed by atoms with Crippen LogP contribution in [0.1, 0.15) is 36.6 Å². The van der Waals surface area contributed by atoms with Gasteiger partial charge in [0.25, 0.3) is 5.56 Å². The molecule has 8 heteroatoms. The second-order valence-electron chi connectivity index (χ2n) is 5.71. The van der Waals surface area contributed by atoms with Crippen molar-refractivity contribution in [1.29, 1.82) is 5.26 Å². The highest BCUT2D eigenvalue weighted by molar-refractivity contribution is 7.99. The smallest absolute Gasteiger partial charge is 0.263 e. The maximum absolute atomic E-state index is 12.9. The Kier molecular flexibility index (Phi) is 7.02. The molecule has 0 bridgehead atoms. The molecule has 2 heterocycles. The summed E-state index contributed by atoms with van der Waals surface area (Å²) < 4.78 is 1.69. The summed E-state index contributed by atoms with van der Waals surface area (Å²) in [5.74, 6) is 0.0222. The van der Waals surface area contributed by atoms with Crippen molar-refractivity contribution < 1.29 is 4.79 Å². The Balaban J connectivity index is 2.29. The maximum Gasteiger partial charge on any atom is 0.263 e. The van der Waals surface area contributed by atoms with Crippen LogP contribution in [0.3, 0.4) is 0 Å². The molecule has 2 aromatic rings. The number of nitrogens with zero attached hydrogens (tertiary/aromatic N) is 3. The van der Waals surface area contributed by atoms with Crippen LogP contribution in [0.25, 0.3) is 10.2 Å². The Bertz CT molecular complexity index is 864. The molecule has 134 valence electrons. The fourth-order valence-electron chi connectivity index (χ4n) is 2.37. The second kappa shape index (κ2) is 9.02. The number of amides is 1. The maximum atomic E-state index is 12.9. The van der Waals surface area contributed by atoms with Crippen molar-refractivity contribution >= 4 is 39.2 Å². The van der Waals surface area contributed by atoms with Gasteiger partial charge in [-0.15, -0.1) is 11.3 Å². The minimum absolute atomic E-state index is 0.0207. The van der Waals surface area contributed by atoms with E-state index < -0.39 is 0 Å². The topological polar surface area (TPSA) is 87.8 Å². The lowest BCUT2D eigenvalue weighted by atomic mass is 10.2. The molecule has 0 aromatic carbocycles. The fourth-order valence-corrected chi connectivity index (χ4v) is 4.30. The number of nitrogens with one attached hydrogen (secondary N) is 1. The zero-order valence-electron chi connectivity index (χ0n) is 14.7. The lowest BCUT2D eigenvalue weighted by molar-refractivity contribution is -0.118. The molecule has 0 fully saturated rings. The molecule has 0 spiro atoms. The zero-order chi connectivity index (χ0) is 18.4. The number of carbonyl (C=O) groups is 1. The molecule has 0 atom stereocenters. The van der Waals surface area contributed by atoms with Crippen LogP contribution >= 0.6 is 23.1 Å². The third-order valence-corrected chi connectivity index (χ3v) is 5.96. The van der Waals surface area contributed by atoms with E-state index in [4.69, 9.17) is 5.26 Å². The highest BCUT2D eigenvalue weighted by Gasteiger charge is 2.17. The number of thiophene rings is 1. The average molecular weight is 379 g/mol. The van der Waals surface area contributed by atoms with Crippen molar-refractivity contribution in [3.63, 3.8) is 0 Å². The monoisotopic (exact) mass is 378 g/mol. The first kappa shape index (κ1) is 19.5. The molecule has 6 nitrogen and oxygen atoms in total. The SMILES string of the molecule is CCCCn1c(SCC(=O)NCCC#N)nc2sc(C)c(C)c2c1=O. The number of hydrogen-bond donors (Lipinski definition) is 1. The van der Waals surface area contributed by atoms with E-state index in [1.165, 1.54) is 23.1 Å². The number of aromatic nitrogens is 2. The summed E-state index contributed by atoms with van der Waals surface area (Å²) in [7, 11) is 0. The molecule has 0 radical (unpaired) electrons. The van der Waals surface area contributed by atoms with Gasteiger partial charge in [0.05, 0.1) is 23.6 Å². The minimum atomic E-state index is -0.157. The molecule has 1 amide bonds.